The lowest BCUT2D eigenvalue weighted by Crippen LogP contribution is -2.11. The van der Waals surface area contributed by atoms with Gasteiger partial charge < -0.3 is 9.30 Å². The van der Waals surface area contributed by atoms with Crippen LogP contribution in [-0.2, 0) is 11.8 Å². The molecular weight excluding hydrogens is 288 g/mol. The Kier molecular flexibility index (Phi) is 4.24. The molecule has 0 aliphatic carbocycles. The minimum atomic E-state index is -0.358. The first-order valence-electron chi connectivity index (χ1n) is 7.57. The number of aromatic nitrogens is 2. The van der Waals surface area contributed by atoms with Crippen molar-refractivity contribution < 1.29 is 9.53 Å². The molecule has 1 aromatic heterocycles. The number of hydrogen-bond donors (Lipinski definition) is 0. The molecule has 2 aromatic carbocycles. The van der Waals surface area contributed by atoms with Crippen LogP contribution >= 0.6 is 0 Å². The van der Waals surface area contributed by atoms with Crippen molar-refractivity contribution in [3.63, 3.8) is 0 Å². The summed E-state index contributed by atoms with van der Waals surface area (Å²) in [7, 11) is 1.84. The van der Waals surface area contributed by atoms with E-state index in [0.29, 0.717) is 18.0 Å². The van der Waals surface area contributed by atoms with E-state index in [-0.39, 0.29) is 5.97 Å². The van der Waals surface area contributed by atoms with Gasteiger partial charge in [0.15, 0.2) is 5.69 Å². The Morgan fingerprint density at radius 3 is 2.13 bits per heavy atom. The van der Waals surface area contributed by atoms with Gasteiger partial charge in [0.05, 0.1) is 6.61 Å². The van der Waals surface area contributed by atoms with E-state index in [9.17, 15) is 4.79 Å². The monoisotopic (exact) mass is 306 g/mol. The van der Waals surface area contributed by atoms with Gasteiger partial charge in [-0.3, -0.25) is 0 Å². The summed E-state index contributed by atoms with van der Waals surface area (Å²) in [6, 6.07) is 19.5. The number of esters is 1. The van der Waals surface area contributed by atoms with E-state index < -0.39 is 0 Å². The van der Waals surface area contributed by atoms with Crippen LogP contribution in [0, 0.1) is 0 Å². The highest BCUT2D eigenvalue weighted by atomic mass is 16.5. The second-order valence-electron chi connectivity index (χ2n) is 5.14. The molecule has 0 fully saturated rings. The highest BCUT2D eigenvalue weighted by Gasteiger charge is 2.23. The number of ether oxygens (including phenoxy) is 1. The van der Waals surface area contributed by atoms with Crippen LogP contribution < -0.4 is 0 Å². The number of imidazole rings is 1. The van der Waals surface area contributed by atoms with Crippen molar-refractivity contribution in [1.29, 1.82) is 0 Å². The lowest BCUT2D eigenvalue weighted by atomic mass is 10.1. The Balaban J connectivity index is 2.20. The van der Waals surface area contributed by atoms with Gasteiger partial charge in [0.1, 0.15) is 11.5 Å². The average Bonchev–Trinajstić information content (AvgIpc) is 2.94. The second kappa shape index (κ2) is 6.48. The quantitative estimate of drug-likeness (QED) is 0.686. The Morgan fingerprint density at radius 2 is 1.57 bits per heavy atom. The van der Waals surface area contributed by atoms with Crippen molar-refractivity contribution >= 4 is 5.97 Å². The molecule has 0 N–H and O–H groups in total. The molecule has 4 heteroatoms. The predicted octanol–water partition coefficient (Wildman–Crippen LogP) is 3.93. The molecule has 0 unspecified atom stereocenters. The molecule has 0 amide bonds. The molecule has 0 aliphatic heterocycles. The van der Waals surface area contributed by atoms with Crippen LogP contribution in [0.25, 0.3) is 22.6 Å². The zero-order valence-corrected chi connectivity index (χ0v) is 13.2. The molecule has 0 atom stereocenters. The average molecular weight is 306 g/mol. The molecule has 116 valence electrons. The van der Waals surface area contributed by atoms with Gasteiger partial charge in [-0.25, -0.2) is 9.78 Å². The van der Waals surface area contributed by atoms with Crippen molar-refractivity contribution in [2.75, 3.05) is 6.61 Å². The molecule has 0 radical (unpaired) electrons. The van der Waals surface area contributed by atoms with Gasteiger partial charge in [-0.1, -0.05) is 60.7 Å². The first-order chi connectivity index (χ1) is 11.2. The van der Waals surface area contributed by atoms with E-state index in [1.54, 1.807) is 11.5 Å². The van der Waals surface area contributed by atoms with Crippen LogP contribution in [0.4, 0.5) is 0 Å². The molecule has 0 saturated heterocycles. The Bertz CT molecular complexity index is 808. The molecule has 23 heavy (non-hydrogen) atoms. The number of nitrogens with zero attached hydrogens (tertiary/aromatic N) is 2. The molecular formula is C19H18N2O2. The van der Waals surface area contributed by atoms with Crippen LogP contribution in [0.1, 0.15) is 17.4 Å². The summed E-state index contributed by atoms with van der Waals surface area (Å²) >= 11 is 0. The van der Waals surface area contributed by atoms with Crippen molar-refractivity contribution in [2.24, 2.45) is 7.05 Å². The van der Waals surface area contributed by atoms with E-state index in [0.717, 1.165) is 17.0 Å². The number of benzene rings is 2. The standard InChI is InChI=1S/C19H18N2O2/c1-3-23-19(22)17-16(14-10-6-4-7-11-14)20-18(21(17)2)15-12-8-5-9-13-15/h4-13H,3H2,1-2H3. The smallest absolute Gasteiger partial charge is 0.357 e. The number of hydrogen-bond acceptors (Lipinski definition) is 3. The lowest BCUT2D eigenvalue weighted by molar-refractivity contribution is 0.0516. The molecule has 3 aromatic rings. The van der Waals surface area contributed by atoms with E-state index >= 15 is 0 Å². The number of rotatable bonds is 4. The largest absolute Gasteiger partial charge is 0.461 e. The Hall–Kier alpha value is -2.88. The van der Waals surface area contributed by atoms with E-state index in [1.165, 1.54) is 0 Å². The van der Waals surface area contributed by atoms with Gasteiger partial charge >= 0.3 is 5.97 Å². The van der Waals surface area contributed by atoms with Gasteiger partial charge in [-0.05, 0) is 6.92 Å². The third-order valence-electron chi connectivity index (χ3n) is 3.64. The van der Waals surface area contributed by atoms with Gasteiger partial charge in [0, 0.05) is 18.2 Å². The fraction of sp³-hybridized carbons (Fsp3) is 0.158. The molecule has 0 bridgehead atoms. The Morgan fingerprint density at radius 1 is 1.00 bits per heavy atom. The summed E-state index contributed by atoms with van der Waals surface area (Å²) in [6.07, 6.45) is 0. The number of carbonyl (C=O) groups is 1. The maximum absolute atomic E-state index is 12.4. The highest BCUT2D eigenvalue weighted by Crippen LogP contribution is 2.29. The summed E-state index contributed by atoms with van der Waals surface area (Å²) < 4.78 is 7.02. The lowest BCUT2D eigenvalue weighted by Gasteiger charge is -2.07. The normalized spacial score (nSPS) is 10.5. The van der Waals surface area contributed by atoms with Crippen LogP contribution in [0.5, 0.6) is 0 Å². The van der Waals surface area contributed by atoms with E-state index in [1.807, 2.05) is 67.7 Å². The van der Waals surface area contributed by atoms with Crippen molar-refractivity contribution in [2.45, 2.75) is 6.92 Å². The van der Waals surface area contributed by atoms with Gasteiger partial charge in [-0.2, -0.15) is 0 Å². The summed E-state index contributed by atoms with van der Waals surface area (Å²) in [6.45, 7) is 2.13. The van der Waals surface area contributed by atoms with Gasteiger partial charge in [0.2, 0.25) is 0 Å². The van der Waals surface area contributed by atoms with Gasteiger partial charge in [-0.15, -0.1) is 0 Å². The summed E-state index contributed by atoms with van der Waals surface area (Å²) in [5.74, 6) is 0.385. The molecule has 1 heterocycles. The zero-order valence-electron chi connectivity index (χ0n) is 13.2. The van der Waals surface area contributed by atoms with E-state index in [4.69, 9.17) is 9.72 Å². The fourth-order valence-corrected chi connectivity index (χ4v) is 2.57. The maximum Gasteiger partial charge on any atom is 0.357 e. The van der Waals surface area contributed by atoms with Gasteiger partial charge in [0.25, 0.3) is 0 Å². The highest BCUT2D eigenvalue weighted by molar-refractivity contribution is 5.95. The van der Waals surface area contributed by atoms with Crippen molar-refractivity contribution in [1.82, 2.24) is 9.55 Å². The minimum absolute atomic E-state index is 0.332. The summed E-state index contributed by atoms with van der Waals surface area (Å²) in [5, 5.41) is 0. The topological polar surface area (TPSA) is 44.1 Å². The third kappa shape index (κ3) is 2.88. The summed E-state index contributed by atoms with van der Waals surface area (Å²) in [5.41, 5.74) is 2.97. The predicted molar refractivity (Wildman–Crippen MR) is 90.0 cm³/mol. The van der Waals surface area contributed by atoms with E-state index in [2.05, 4.69) is 0 Å². The minimum Gasteiger partial charge on any atom is -0.461 e. The molecule has 4 nitrogen and oxygen atoms in total. The maximum atomic E-state index is 12.4. The zero-order chi connectivity index (χ0) is 16.2. The third-order valence-corrected chi connectivity index (χ3v) is 3.64. The van der Waals surface area contributed by atoms with Crippen LogP contribution in [0.3, 0.4) is 0 Å². The SMILES string of the molecule is CCOC(=O)c1c(-c2ccccc2)nc(-c2ccccc2)n1C. The Labute approximate surface area is 135 Å². The first kappa shape index (κ1) is 15.0. The second-order valence-corrected chi connectivity index (χ2v) is 5.14. The van der Waals surface area contributed by atoms with Crippen molar-refractivity contribution in [3.8, 4) is 22.6 Å². The van der Waals surface area contributed by atoms with Crippen LogP contribution in [0.15, 0.2) is 60.7 Å². The van der Waals surface area contributed by atoms with Crippen LogP contribution in [0.2, 0.25) is 0 Å². The summed E-state index contributed by atoms with van der Waals surface area (Å²) in [4.78, 5) is 17.1. The molecule has 0 aliphatic rings. The first-order valence-corrected chi connectivity index (χ1v) is 7.57. The fourth-order valence-electron chi connectivity index (χ4n) is 2.57. The van der Waals surface area contributed by atoms with Crippen LogP contribution in [-0.4, -0.2) is 22.1 Å². The molecule has 0 saturated carbocycles. The molecule has 3 rings (SSSR count). The molecule has 0 spiro atoms. The van der Waals surface area contributed by atoms with Crippen molar-refractivity contribution in [3.05, 3.63) is 66.4 Å². The number of carbonyl (C=O) groups excluding carboxylic acids is 1.